The highest BCUT2D eigenvalue weighted by Crippen LogP contribution is 2.35. The Morgan fingerprint density at radius 1 is 1.29 bits per heavy atom. The van der Waals surface area contributed by atoms with E-state index in [0.717, 1.165) is 61.8 Å². The van der Waals surface area contributed by atoms with E-state index in [1.54, 1.807) is 0 Å². The molecule has 2 aliphatic rings. The van der Waals surface area contributed by atoms with Crippen LogP contribution >= 0.6 is 0 Å². The topological polar surface area (TPSA) is 66.4 Å². The SMILES string of the molecule is CN=C(NCc1ccc(N(C(=O)OC(C)(C)C)C2CC2)c(C)c1)N(C)CC1CCOC1. The number of carbonyl (C=O) groups excluding carboxylic acids is 1. The van der Waals surface area contributed by atoms with Crippen molar-refractivity contribution in [1.29, 1.82) is 0 Å². The Hall–Kier alpha value is -2.28. The highest BCUT2D eigenvalue weighted by molar-refractivity contribution is 5.90. The molecular weight excluding hydrogens is 392 g/mol. The fourth-order valence-corrected chi connectivity index (χ4v) is 3.95. The van der Waals surface area contributed by atoms with E-state index in [4.69, 9.17) is 9.47 Å². The maximum Gasteiger partial charge on any atom is 0.415 e. The number of benzene rings is 1. The summed E-state index contributed by atoms with van der Waals surface area (Å²) in [5, 5.41) is 3.45. The summed E-state index contributed by atoms with van der Waals surface area (Å²) in [6.07, 6.45) is 2.90. The van der Waals surface area contributed by atoms with Crippen LogP contribution in [0, 0.1) is 12.8 Å². The van der Waals surface area contributed by atoms with Crippen molar-refractivity contribution in [3.05, 3.63) is 29.3 Å². The third kappa shape index (κ3) is 6.60. The van der Waals surface area contributed by atoms with E-state index >= 15 is 0 Å². The molecule has 7 nitrogen and oxygen atoms in total. The van der Waals surface area contributed by atoms with Gasteiger partial charge in [-0.15, -0.1) is 0 Å². The number of aliphatic imine (C=N–C) groups is 1. The number of guanidine groups is 1. The van der Waals surface area contributed by atoms with Crippen LogP contribution in [0.1, 0.15) is 51.2 Å². The van der Waals surface area contributed by atoms with Crippen molar-refractivity contribution in [2.45, 2.75) is 65.1 Å². The largest absolute Gasteiger partial charge is 0.443 e. The zero-order valence-electron chi connectivity index (χ0n) is 19.9. The lowest BCUT2D eigenvalue weighted by Crippen LogP contribution is -2.41. The molecule has 1 amide bonds. The van der Waals surface area contributed by atoms with E-state index in [0.29, 0.717) is 12.5 Å². The highest BCUT2D eigenvalue weighted by Gasteiger charge is 2.37. The zero-order chi connectivity index (χ0) is 22.6. The Morgan fingerprint density at radius 3 is 2.58 bits per heavy atom. The molecule has 1 saturated carbocycles. The number of anilines is 1. The maximum atomic E-state index is 12.8. The van der Waals surface area contributed by atoms with Gasteiger partial charge in [-0.25, -0.2) is 4.79 Å². The molecule has 1 aliphatic heterocycles. The van der Waals surface area contributed by atoms with E-state index < -0.39 is 5.60 Å². The van der Waals surface area contributed by atoms with Crippen LogP contribution in [0.2, 0.25) is 0 Å². The molecule has 1 aromatic rings. The number of hydrogen-bond donors (Lipinski definition) is 1. The molecule has 3 rings (SSSR count). The first kappa shape index (κ1) is 23.4. The van der Waals surface area contributed by atoms with Crippen molar-refractivity contribution in [3.63, 3.8) is 0 Å². The number of aryl methyl sites for hydroxylation is 1. The van der Waals surface area contributed by atoms with Crippen LogP contribution in [0.4, 0.5) is 10.5 Å². The molecule has 1 aliphatic carbocycles. The summed E-state index contributed by atoms with van der Waals surface area (Å²) in [6, 6.07) is 6.49. The number of hydrogen-bond acceptors (Lipinski definition) is 4. The average Bonchev–Trinajstić information content (AvgIpc) is 3.38. The first-order valence-electron chi connectivity index (χ1n) is 11.3. The Morgan fingerprint density at radius 2 is 2.03 bits per heavy atom. The summed E-state index contributed by atoms with van der Waals surface area (Å²) in [5.74, 6) is 1.44. The molecular formula is C24H38N4O3. The van der Waals surface area contributed by atoms with Gasteiger partial charge in [0.05, 0.1) is 12.3 Å². The second-order valence-corrected chi connectivity index (χ2v) is 9.71. The summed E-state index contributed by atoms with van der Waals surface area (Å²) < 4.78 is 11.1. The van der Waals surface area contributed by atoms with E-state index in [2.05, 4.69) is 41.3 Å². The molecule has 31 heavy (non-hydrogen) atoms. The van der Waals surface area contributed by atoms with Crippen molar-refractivity contribution in [3.8, 4) is 0 Å². The minimum atomic E-state index is -0.505. The standard InChI is InChI=1S/C24H38N4O3/c1-17-13-18(14-26-22(25-5)27(6)15-19-11-12-30-16-19)7-10-21(17)28(20-8-9-20)23(29)31-24(2,3)4/h7,10,13,19-20H,8-9,11-12,14-16H2,1-6H3,(H,25,26). The first-order valence-corrected chi connectivity index (χ1v) is 11.3. The van der Waals surface area contributed by atoms with Crippen molar-refractivity contribution in [1.82, 2.24) is 10.2 Å². The van der Waals surface area contributed by atoms with Gasteiger partial charge in [0.1, 0.15) is 5.60 Å². The van der Waals surface area contributed by atoms with Crippen molar-refractivity contribution in [2.24, 2.45) is 10.9 Å². The van der Waals surface area contributed by atoms with Crippen molar-refractivity contribution < 1.29 is 14.3 Å². The van der Waals surface area contributed by atoms with Crippen LogP contribution in [0.25, 0.3) is 0 Å². The number of nitrogens with zero attached hydrogens (tertiary/aromatic N) is 3. The Labute approximate surface area is 186 Å². The van der Waals surface area contributed by atoms with E-state index in [1.165, 1.54) is 0 Å². The number of amides is 1. The second kappa shape index (κ2) is 9.90. The molecule has 1 heterocycles. The van der Waals surface area contributed by atoms with Gasteiger partial charge in [0, 0.05) is 45.8 Å². The van der Waals surface area contributed by atoms with Crippen LogP contribution in [-0.4, -0.2) is 62.4 Å². The molecule has 0 bridgehead atoms. The van der Waals surface area contributed by atoms with Crippen LogP contribution in [0.3, 0.4) is 0 Å². The molecule has 1 aromatic carbocycles. The molecule has 1 N–H and O–H groups in total. The number of carbonyl (C=O) groups is 1. The normalized spacial score (nSPS) is 19.3. The summed E-state index contributed by atoms with van der Waals surface area (Å²) in [7, 11) is 3.88. The van der Waals surface area contributed by atoms with Crippen LogP contribution in [0.15, 0.2) is 23.2 Å². The van der Waals surface area contributed by atoms with Crippen molar-refractivity contribution >= 4 is 17.7 Å². The van der Waals surface area contributed by atoms with Gasteiger partial charge in [0.25, 0.3) is 0 Å². The average molecular weight is 431 g/mol. The Balaban J connectivity index is 1.63. The molecule has 0 radical (unpaired) electrons. The van der Waals surface area contributed by atoms with Crippen LogP contribution in [-0.2, 0) is 16.0 Å². The molecule has 7 heteroatoms. The van der Waals surface area contributed by atoms with Crippen LogP contribution in [0.5, 0.6) is 0 Å². The predicted molar refractivity (Wildman–Crippen MR) is 125 cm³/mol. The molecule has 2 fully saturated rings. The fourth-order valence-electron chi connectivity index (χ4n) is 3.95. The van der Waals surface area contributed by atoms with Gasteiger partial charge in [-0.3, -0.25) is 9.89 Å². The first-order chi connectivity index (χ1) is 14.7. The van der Waals surface area contributed by atoms with Gasteiger partial charge in [-0.1, -0.05) is 12.1 Å². The molecule has 172 valence electrons. The minimum Gasteiger partial charge on any atom is -0.443 e. The summed E-state index contributed by atoms with van der Waals surface area (Å²) >= 11 is 0. The van der Waals surface area contributed by atoms with E-state index in [-0.39, 0.29) is 12.1 Å². The highest BCUT2D eigenvalue weighted by atomic mass is 16.6. The molecule has 1 unspecified atom stereocenters. The monoisotopic (exact) mass is 430 g/mol. The number of nitrogens with one attached hydrogen (secondary N) is 1. The molecule has 0 aromatic heterocycles. The third-order valence-corrected chi connectivity index (χ3v) is 5.60. The van der Waals surface area contributed by atoms with Gasteiger partial charge in [0.15, 0.2) is 5.96 Å². The van der Waals surface area contributed by atoms with Gasteiger partial charge >= 0.3 is 6.09 Å². The number of rotatable bonds is 6. The molecule has 1 atom stereocenters. The Bertz CT molecular complexity index is 793. The second-order valence-electron chi connectivity index (χ2n) is 9.71. The van der Waals surface area contributed by atoms with Gasteiger partial charge in [0.2, 0.25) is 0 Å². The van der Waals surface area contributed by atoms with Gasteiger partial charge in [-0.2, -0.15) is 0 Å². The predicted octanol–water partition coefficient (Wildman–Crippen LogP) is 3.94. The van der Waals surface area contributed by atoms with E-state index in [1.807, 2.05) is 38.8 Å². The Kier molecular flexibility index (Phi) is 7.46. The minimum absolute atomic E-state index is 0.240. The van der Waals surface area contributed by atoms with Gasteiger partial charge in [-0.05, 0) is 64.2 Å². The van der Waals surface area contributed by atoms with Crippen molar-refractivity contribution in [2.75, 3.05) is 38.8 Å². The third-order valence-electron chi connectivity index (χ3n) is 5.60. The summed E-state index contributed by atoms with van der Waals surface area (Å²) in [4.78, 5) is 21.2. The lowest BCUT2D eigenvalue weighted by molar-refractivity contribution is 0.0577. The summed E-state index contributed by atoms with van der Waals surface area (Å²) in [6.45, 7) is 11.1. The zero-order valence-corrected chi connectivity index (χ0v) is 19.9. The summed E-state index contributed by atoms with van der Waals surface area (Å²) in [5.41, 5.74) is 2.65. The van der Waals surface area contributed by atoms with Gasteiger partial charge < -0.3 is 19.7 Å². The number of ether oxygens (including phenoxy) is 2. The van der Waals surface area contributed by atoms with Crippen LogP contribution < -0.4 is 10.2 Å². The lowest BCUT2D eigenvalue weighted by Gasteiger charge is -2.29. The lowest BCUT2D eigenvalue weighted by atomic mass is 10.1. The maximum absolute atomic E-state index is 12.8. The quantitative estimate of drug-likeness (QED) is 0.547. The molecule has 1 saturated heterocycles. The fraction of sp³-hybridized carbons (Fsp3) is 0.667. The molecule has 0 spiro atoms. The van der Waals surface area contributed by atoms with E-state index in [9.17, 15) is 4.79 Å². The smallest absolute Gasteiger partial charge is 0.415 e.